The van der Waals surface area contributed by atoms with Crippen LogP contribution >= 0.6 is 0 Å². The molecule has 0 fully saturated rings. The number of hydrogen-bond donors (Lipinski definition) is 4. The molecule has 0 saturated heterocycles. The molecule has 4 N–H and O–H groups in total. The van der Waals surface area contributed by atoms with Gasteiger partial charge in [0.15, 0.2) is 5.75 Å². The summed E-state index contributed by atoms with van der Waals surface area (Å²) in [6.45, 7) is 0. The van der Waals surface area contributed by atoms with Crippen molar-refractivity contribution in [3.8, 4) is 11.5 Å². The number of phenols is 1. The van der Waals surface area contributed by atoms with Gasteiger partial charge in [-0.05, 0) is 30.3 Å². The molecule has 0 aliphatic heterocycles. The zero-order valence-corrected chi connectivity index (χ0v) is 18.4. The van der Waals surface area contributed by atoms with Crippen molar-refractivity contribution in [3.05, 3.63) is 88.5 Å². The zero-order valence-electron chi connectivity index (χ0n) is 18.4. The molecule has 35 heavy (non-hydrogen) atoms. The molecule has 4 rings (SSSR count). The molecule has 0 saturated carbocycles. The van der Waals surface area contributed by atoms with Crippen LogP contribution in [0, 0.1) is 10.1 Å². The Morgan fingerprint density at radius 2 is 1.46 bits per heavy atom. The molecule has 1 aromatic heterocycles. The van der Waals surface area contributed by atoms with Crippen LogP contribution in [0.3, 0.4) is 0 Å². The van der Waals surface area contributed by atoms with Crippen LogP contribution in [0.5, 0.6) is 11.5 Å². The third-order valence-corrected chi connectivity index (χ3v) is 4.57. The van der Waals surface area contributed by atoms with E-state index < -0.39 is 16.4 Å². The van der Waals surface area contributed by atoms with Crippen molar-refractivity contribution in [1.29, 1.82) is 0 Å². The first-order valence-electron chi connectivity index (χ1n) is 10.3. The van der Waals surface area contributed by atoms with E-state index in [1.165, 1.54) is 25.5 Å². The summed E-state index contributed by atoms with van der Waals surface area (Å²) in [5.41, 5.74) is 4.07. The monoisotopic (exact) mass is 472 g/mol. The zero-order chi connectivity index (χ0) is 24.6. The summed E-state index contributed by atoms with van der Waals surface area (Å²) in [6.07, 6.45) is 1.31. The number of phenolic OH excluding ortho intramolecular Hbond substituents is 1. The van der Waals surface area contributed by atoms with Crippen molar-refractivity contribution in [2.24, 2.45) is 5.10 Å². The molecule has 0 atom stereocenters. The van der Waals surface area contributed by atoms with Crippen LogP contribution in [-0.4, -0.2) is 38.3 Å². The molecule has 0 bridgehead atoms. The largest absolute Gasteiger partial charge is 0.500 e. The van der Waals surface area contributed by atoms with Crippen molar-refractivity contribution in [3.63, 3.8) is 0 Å². The summed E-state index contributed by atoms with van der Waals surface area (Å²) in [6, 6.07) is 21.3. The highest BCUT2D eigenvalue weighted by atomic mass is 16.6. The SMILES string of the molecule is COc1cc(C=NNc2nc(Nc3ccccc3)nc(Nc3ccccc3)n2)cc([N+](=O)[O-])c1O. The number of nitro benzene ring substituents is 1. The number of methoxy groups -OCH3 is 1. The maximum Gasteiger partial charge on any atom is 0.315 e. The standard InChI is InChI=1S/C23H20N8O4/c1-35-19-13-15(12-18(20(19)32)31(33)34)14-24-30-23-28-21(25-16-8-4-2-5-9-16)27-22(29-23)26-17-10-6-3-7-11-17/h2-14,32H,1H3,(H3,25,26,27,28,29,30). The summed E-state index contributed by atoms with van der Waals surface area (Å²) >= 11 is 0. The van der Waals surface area contributed by atoms with Gasteiger partial charge in [0.05, 0.1) is 18.2 Å². The van der Waals surface area contributed by atoms with Gasteiger partial charge in [0.2, 0.25) is 23.6 Å². The first kappa shape index (κ1) is 22.9. The number of benzene rings is 3. The summed E-state index contributed by atoms with van der Waals surface area (Å²) in [5.74, 6) is 0.0414. The number of nitrogens with one attached hydrogen (secondary N) is 3. The average molecular weight is 472 g/mol. The molecule has 0 aliphatic rings. The second-order valence-corrected chi connectivity index (χ2v) is 7.01. The summed E-state index contributed by atoms with van der Waals surface area (Å²) < 4.78 is 5.00. The van der Waals surface area contributed by atoms with Gasteiger partial charge in [-0.25, -0.2) is 5.43 Å². The number of nitro groups is 1. The molecule has 0 aliphatic carbocycles. The van der Waals surface area contributed by atoms with E-state index >= 15 is 0 Å². The van der Waals surface area contributed by atoms with Crippen LogP contribution < -0.4 is 20.8 Å². The van der Waals surface area contributed by atoms with E-state index in [2.05, 4.69) is 36.1 Å². The molecule has 0 spiro atoms. The van der Waals surface area contributed by atoms with Crippen LogP contribution in [0.15, 0.2) is 77.9 Å². The lowest BCUT2D eigenvalue weighted by molar-refractivity contribution is -0.386. The second kappa shape index (κ2) is 10.6. The number of aromatic hydroxyl groups is 1. The Labute approximate surface area is 199 Å². The average Bonchev–Trinajstić information content (AvgIpc) is 2.86. The van der Waals surface area contributed by atoms with Crippen molar-refractivity contribution in [2.45, 2.75) is 0 Å². The first-order valence-corrected chi connectivity index (χ1v) is 10.3. The van der Waals surface area contributed by atoms with Gasteiger partial charge in [0, 0.05) is 23.0 Å². The number of anilines is 5. The highest BCUT2D eigenvalue weighted by Crippen LogP contribution is 2.36. The summed E-state index contributed by atoms with van der Waals surface area (Å²) in [5, 5.41) is 31.4. The molecule has 12 heteroatoms. The Morgan fingerprint density at radius 3 is 1.97 bits per heavy atom. The number of hydrogen-bond acceptors (Lipinski definition) is 11. The maximum absolute atomic E-state index is 11.2. The van der Waals surface area contributed by atoms with E-state index in [0.29, 0.717) is 5.56 Å². The molecule has 12 nitrogen and oxygen atoms in total. The Hall–Kier alpha value is -5.26. The third-order valence-electron chi connectivity index (χ3n) is 4.57. The fourth-order valence-corrected chi connectivity index (χ4v) is 2.99. The fourth-order valence-electron chi connectivity index (χ4n) is 2.99. The Bertz CT molecular complexity index is 1290. The van der Waals surface area contributed by atoms with Crippen LogP contribution in [0.2, 0.25) is 0 Å². The number of hydrazone groups is 1. The topological polar surface area (TPSA) is 160 Å². The van der Waals surface area contributed by atoms with E-state index in [-0.39, 0.29) is 23.6 Å². The highest BCUT2D eigenvalue weighted by Gasteiger charge is 2.19. The van der Waals surface area contributed by atoms with Crippen molar-refractivity contribution < 1.29 is 14.8 Å². The summed E-state index contributed by atoms with van der Waals surface area (Å²) in [7, 11) is 1.30. The highest BCUT2D eigenvalue weighted by molar-refractivity contribution is 5.83. The van der Waals surface area contributed by atoms with E-state index in [0.717, 1.165) is 11.4 Å². The fraction of sp³-hybridized carbons (Fsp3) is 0.0435. The molecule has 0 amide bonds. The van der Waals surface area contributed by atoms with Crippen LogP contribution in [-0.2, 0) is 0 Å². The maximum atomic E-state index is 11.2. The smallest absolute Gasteiger partial charge is 0.315 e. The van der Waals surface area contributed by atoms with Crippen molar-refractivity contribution in [1.82, 2.24) is 15.0 Å². The van der Waals surface area contributed by atoms with Gasteiger partial charge in [0.25, 0.3) is 0 Å². The minimum atomic E-state index is -0.711. The number of nitrogens with zero attached hydrogens (tertiary/aromatic N) is 5. The molecule has 0 radical (unpaired) electrons. The molecule has 176 valence electrons. The van der Waals surface area contributed by atoms with Crippen molar-refractivity contribution in [2.75, 3.05) is 23.2 Å². The normalized spacial score (nSPS) is 10.7. The quantitative estimate of drug-likeness (QED) is 0.156. The number of para-hydroxylation sites is 2. The number of rotatable bonds is 9. The number of ether oxygens (including phenoxy) is 1. The van der Waals surface area contributed by atoms with Crippen molar-refractivity contribution >= 4 is 41.1 Å². The predicted molar refractivity (Wildman–Crippen MR) is 132 cm³/mol. The molecular formula is C23H20N8O4. The van der Waals surface area contributed by atoms with Crippen LogP contribution in [0.4, 0.5) is 34.9 Å². The van der Waals surface area contributed by atoms with Gasteiger partial charge < -0.3 is 20.5 Å². The van der Waals surface area contributed by atoms with E-state index in [4.69, 9.17) is 4.74 Å². The third kappa shape index (κ3) is 5.96. The molecule has 1 heterocycles. The summed E-state index contributed by atoms with van der Waals surface area (Å²) in [4.78, 5) is 23.5. The lowest BCUT2D eigenvalue weighted by Crippen LogP contribution is -2.07. The molecular weight excluding hydrogens is 452 g/mol. The Balaban J connectivity index is 1.60. The van der Waals surface area contributed by atoms with Gasteiger partial charge in [-0.15, -0.1) is 0 Å². The van der Waals surface area contributed by atoms with Gasteiger partial charge in [-0.2, -0.15) is 20.1 Å². The van der Waals surface area contributed by atoms with Crippen LogP contribution in [0.1, 0.15) is 5.56 Å². The lowest BCUT2D eigenvalue weighted by Gasteiger charge is -2.10. The molecule has 3 aromatic carbocycles. The Morgan fingerprint density at radius 1 is 0.914 bits per heavy atom. The first-order chi connectivity index (χ1) is 17.0. The lowest BCUT2D eigenvalue weighted by atomic mass is 10.2. The van der Waals surface area contributed by atoms with Gasteiger partial charge >= 0.3 is 5.69 Å². The minimum absolute atomic E-state index is 0.0514. The second-order valence-electron chi connectivity index (χ2n) is 7.01. The van der Waals surface area contributed by atoms with E-state index in [1.807, 2.05) is 60.7 Å². The molecule has 0 unspecified atom stereocenters. The van der Waals surface area contributed by atoms with Gasteiger partial charge in [-0.3, -0.25) is 10.1 Å². The van der Waals surface area contributed by atoms with Gasteiger partial charge in [-0.1, -0.05) is 36.4 Å². The number of aromatic nitrogens is 3. The predicted octanol–water partition coefficient (Wildman–Crippen LogP) is 4.43. The Kier molecular flexibility index (Phi) is 6.92. The minimum Gasteiger partial charge on any atom is -0.500 e. The van der Waals surface area contributed by atoms with Gasteiger partial charge in [0.1, 0.15) is 0 Å². The van der Waals surface area contributed by atoms with Crippen LogP contribution in [0.25, 0.3) is 0 Å². The molecule has 4 aromatic rings. The van der Waals surface area contributed by atoms with E-state index in [9.17, 15) is 15.2 Å². The van der Waals surface area contributed by atoms with E-state index in [1.54, 1.807) is 0 Å².